The number of anilines is 1. The number of hydrogen-bond donors (Lipinski definition) is 2. The number of benzene rings is 1. The first-order valence-electron chi connectivity index (χ1n) is 5.62. The Bertz CT molecular complexity index is 575. The van der Waals surface area contributed by atoms with Crippen LogP contribution in [0.5, 0.6) is 5.75 Å². The minimum atomic E-state index is -0.127. The van der Waals surface area contributed by atoms with Crippen LogP contribution in [0.2, 0.25) is 0 Å². The molecule has 2 N–H and O–H groups in total. The Labute approximate surface area is 105 Å². The number of amides is 1. The molecule has 0 radical (unpaired) electrons. The summed E-state index contributed by atoms with van der Waals surface area (Å²) in [5, 5.41) is 12.1. The van der Waals surface area contributed by atoms with Crippen LogP contribution in [0, 0.1) is 6.92 Å². The van der Waals surface area contributed by atoms with Crippen LogP contribution in [-0.2, 0) is 18.3 Å². The van der Waals surface area contributed by atoms with E-state index in [0.717, 1.165) is 5.56 Å². The summed E-state index contributed by atoms with van der Waals surface area (Å²) in [5.74, 6) is 0.775. The number of nitrogens with zero attached hydrogens (tertiary/aromatic N) is 2. The third-order valence-electron chi connectivity index (χ3n) is 2.72. The van der Waals surface area contributed by atoms with Gasteiger partial charge in [-0.3, -0.25) is 4.79 Å². The van der Waals surface area contributed by atoms with Gasteiger partial charge in [0.1, 0.15) is 11.6 Å². The second-order valence-electron chi connectivity index (χ2n) is 4.18. The number of nitrogens with one attached hydrogen (secondary N) is 1. The first-order valence-corrected chi connectivity index (χ1v) is 5.62. The van der Waals surface area contributed by atoms with Crippen molar-refractivity contribution in [1.29, 1.82) is 0 Å². The van der Waals surface area contributed by atoms with E-state index >= 15 is 0 Å². The average Bonchev–Trinajstić information content (AvgIpc) is 2.69. The largest absolute Gasteiger partial charge is 0.508 e. The third kappa shape index (κ3) is 2.68. The monoisotopic (exact) mass is 245 g/mol. The highest BCUT2D eigenvalue weighted by Gasteiger charge is 2.09. The number of phenols is 1. The van der Waals surface area contributed by atoms with Crippen LogP contribution in [0.25, 0.3) is 0 Å². The quantitative estimate of drug-likeness (QED) is 0.807. The van der Waals surface area contributed by atoms with Crippen molar-refractivity contribution in [2.24, 2.45) is 7.05 Å². The fourth-order valence-corrected chi connectivity index (χ4v) is 1.69. The maximum absolute atomic E-state index is 11.8. The van der Waals surface area contributed by atoms with Crippen molar-refractivity contribution < 1.29 is 9.90 Å². The minimum absolute atomic E-state index is 0.127. The summed E-state index contributed by atoms with van der Waals surface area (Å²) < 4.78 is 1.81. The lowest BCUT2D eigenvalue weighted by Crippen LogP contribution is -2.17. The molecule has 0 saturated heterocycles. The molecule has 0 fully saturated rings. The van der Waals surface area contributed by atoms with Gasteiger partial charge in [-0.15, -0.1) is 0 Å². The fraction of sp³-hybridized carbons (Fsp3) is 0.231. The number of phenolic OH excluding ortho intramolecular Hbond substituents is 1. The summed E-state index contributed by atoms with van der Waals surface area (Å²) >= 11 is 0. The van der Waals surface area contributed by atoms with Crippen LogP contribution in [0.3, 0.4) is 0 Å². The third-order valence-corrected chi connectivity index (χ3v) is 2.72. The predicted octanol–water partition coefficient (Wildman–Crippen LogP) is 1.62. The van der Waals surface area contributed by atoms with Crippen molar-refractivity contribution in [2.45, 2.75) is 13.3 Å². The van der Waals surface area contributed by atoms with Gasteiger partial charge in [0, 0.05) is 25.1 Å². The van der Waals surface area contributed by atoms with Crippen molar-refractivity contribution in [1.82, 2.24) is 9.55 Å². The molecule has 1 heterocycles. The summed E-state index contributed by atoms with van der Waals surface area (Å²) in [6.45, 7) is 1.83. The van der Waals surface area contributed by atoms with Crippen molar-refractivity contribution in [3.05, 3.63) is 42.0 Å². The maximum atomic E-state index is 11.8. The number of aryl methyl sites for hydroxylation is 2. The molecule has 5 heteroatoms. The highest BCUT2D eigenvalue weighted by molar-refractivity contribution is 5.92. The Kier molecular flexibility index (Phi) is 3.32. The molecule has 0 spiro atoms. The van der Waals surface area contributed by atoms with Crippen LogP contribution >= 0.6 is 0 Å². The zero-order chi connectivity index (χ0) is 13.1. The molecule has 0 aliphatic carbocycles. The summed E-state index contributed by atoms with van der Waals surface area (Å²) in [6.07, 6.45) is 3.69. The van der Waals surface area contributed by atoms with E-state index < -0.39 is 0 Å². The number of hydrogen-bond acceptors (Lipinski definition) is 3. The molecule has 1 aromatic carbocycles. The van der Waals surface area contributed by atoms with Gasteiger partial charge < -0.3 is 15.0 Å². The molecular weight excluding hydrogens is 230 g/mol. The molecular formula is C13H15N3O2. The molecule has 0 saturated carbocycles. The molecule has 1 amide bonds. The van der Waals surface area contributed by atoms with Gasteiger partial charge in [0.05, 0.1) is 6.42 Å². The van der Waals surface area contributed by atoms with Gasteiger partial charge >= 0.3 is 0 Å². The first kappa shape index (κ1) is 12.2. The SMILES string of the molecule is Cc1cc(O)ccc1NC(=O)Cc1nccn1C. The van der Waals surface area contributed by atoms with Crippen molar-refractivity contribution in [2.75, 3.05) is 5.32 Å². The van der Waals surface area contributed by atoms with Gasteiger partial charge in [0.2, 0.25) is 5.91 Å². The van der Waals surface area contributed by atoms with Crippen LogP contribution in [0.1, 0.15) is 11.4 Å². The first-order chi connectivity index (χ1) is 8.56. The highest BCUT2D eigenvalue weighted by Crippen LogP contribution is 2.20. The molecule has 94 valence electrons. The Hall–Kier alpha value is -2.30. The highest BCUT2D eigenvalue weighted by atomic mass is 16.3. The number of aromatic hydroxyl groups is 1. The molecule has 5 nitrogen and oxygen atoms in total. The van der Waals surface area contributed by atoms with E-state index in [-0.39, 0.29) is 18.1 Å². The average molecular weight is 245 g/mol. The fourth-order valence-electron chi connectivity index (χ4n) is 1.69. The van der Waals surface area contributed by atoms with Gasteiger partial charge in [-0.25, -0.2) is 4.98 Å². The van der Waals surface area contributed by atoms with E-state index in [0.29, 0.717) is 11.5 Å². The zero-order valence-corrected chi connectivity index (χ0v) is 10.3. The van der Waals surface area contributed by atoms with Crippen molar-refractivity contribution >= 4 is 11.6 Å². The normalized spacial score (nSPS) is 10.3. The Morgan fingerprint density at radius 2 is 2.28 bits per heavy atom. The number of carbonyl (C=O) groups excluding carboxylic acids is 1. The Morgan fingerprint density at radius 3 is 2.89 bits per heavy atom. The Balaban J connectivity index is 2.05. The van der Waals surface area contributed by atoms with Crippen LogP contribution < -0.4 is 5.32 Å². The maximum Gasteiger partial charge on any atom is 0.231 e. The van der Waals surface area contributed by atoms with Crippen LogP contribution in [-0.4, -0.2) is 20.6 Å². The predicted molar refractivity (Wildman–Crippen MR) is 68.4 cm³/mol. The van der Waals surface area contributed by atoms with Crippen molar-refractivity contribution in [3.8, 4) is 5.75 Å². The Morgan fingerprint density at radius 1 is 1.50 bits per heavy atom. The molecule has 2 rings (SSSR count). The van der Waals surface area contributed by atoms with Gasteiger partial charge in [-0.1, -0.05) is 0 Å². The van der Waals surface area contributed by atoms with E-state index in [1.54, 1.807) is 30.6 Å². The molecule has 18 heavy (non-hydrogen) atoms. The molecule has 0 bridgehead atoms. The molecule has 0 atom stereocenters. The second kappa shape index (κ2) is 4.91. The number of rotatable bonds is 3. The van der Waals surface area contributed by atoms with Gasteiger partial charge in [0.25, 0.3) is 0 Å². The molecule has 2 aromatic rings. The van der Waals surface area contributed by atoms with Gasteiger partial charge in [-0.05, 0) is 30.7 Å². The summed E-state index contributed by atoms with van der Waals surface area (Å²) in [4.78, 5) is 15.9. The topological polar surface area (TPSA) is 67.2 Å². The summed E-state index contributed by atoms with van der Waals surface area (Å²) in [5.41, 5.74) is 1.52. The van der Waals surface area contributed by atoms with Crippen LogP contribution in [0.15, 0.2) is 30.6 Å². The van der Waals surface area contributed by atoms with Crippen LogP contribution in [0.4, 0.5) is 5.69 Å². The second-order valence-corrected chi connectivity index (χ2v) is 4.18. The smallest absolute Gasteiger partial charge is 0.231 e. The van der Waals surface area contributed by atoms with E-state index in [1.165, 1.54) is 0 Å². The van der Waals surface area contributed by atoms with E-state index in [4.69, 9.17) is 0 Å². The van der Waals surface area contributed by atoms with E-state index in [9.17, 15) is 9.90 Å². The summed E-state index contributed by atoms with van der Waals surface area (Å²) in [6, 6.07) is 4.83. The van der Waals surface area contributed by atoms with Crippen molar-refractivity contribution in [3.63, 3.8) is 0 Å². The number of aromatic nitrogens is 2. The summed E-state index contributed by atoms with van der Waals surface area (Å²) in [7, 11) is 1.85. The lowest BCUT2D eigenvalue weighted by Gasteiger charge is -2.08. The minimum Gasteiger partial charge on any atom is -0.508 e. The number of imidazole rings is 1. The molecule has 1 aromatic heterocycles. The number of carbonyl (C=O) groups is 1. The molecule has 0 unspecified atom stereocenters. The van der Waals surface area contributed by atoms with Gasteiger partial charge in [0.15, 0.2) is 0 Å². The lowest BCUT2D eigenvalue weighted by atomic mass is 10.2. The molecule has 0 aliphatic heterocycles. The lowest BCUT2D eigenvalue weighted by molar-refractivity contribution is -0.115. The molecule has 0 aliphatic rings. The van der Waals surface area contributed by atoms with Gasteiger partial charge in [-0.2, -0.15) is 0 Å². The zero-order valence-electron chi connectivity index (χ0n) is 10.3. The standard InChI is InChI=1S/C13H15N3O2/c1-9-7-10(17)3-4-11(9)15-13(18)8-12-14-5-6-16(12)2/h3-7,17H,8H2,1-2H3,(H,15,18). The van der Waals surface area contributed by atoms with E-state index in [1.807, 2.05) is 18.5 Å². The van der Waals surface area contributed by atoms with E-state index in [2.05, 4.69) is 10.3 Å².